The average molecular weight is 407 g/mol. The van der Waals surface area contributed by atoms with Crippen LogP contribution in [0.5, 0.6) is 0 Å². The number of benzene rings is 3. The Morgan fingerprint density at radius 3 is 2.45 bits per heavy atom. The summed E-state index contributed by atoms with van der Waals surface area (Å²) >= 11 is 6.19. The molecule has 6 heteroatoms. The predicted octanol–water partition coefficient (Wildman–Crippen LogP) is 5.97. The van der Waals surface area contributed by atoms with Crippen molar-refractivity contribution in [3.63, 3.8) is 0 Å². The Labute approximate surface area is 169 Å². The van der Waals surface area contributed by atoms with E-state index in [1.807, 2.05) is 13.0 Å². The molecule has 0 saturated heterocycles. The molecule has 142 valence electrons. The van der Waals surface area contributed by atoms with E-state index in [9.17, 15) is 9.18 Å². The van der Waals surface area contributed by atoms with E-state index in [0.29, 0.717) is 21.7 Å². The molecular formula is C23H13ClF2N2O. The van der Waals surface area contributed by atoms with Crippen LogP contribution in [0.15, 0.2) is 59.4 Å². The lowest BCUT2D eigenvalue weighted by Gasteiger charge is -2.11. The van der Waals surface area contributed by atoms with Crippen molar-refractivity contribution in [1.82, 2.24) is 4.98 Å². The van der Waals surface area contributed by atoms with Gasteiger partial charge in [-0.1, -0.05) is 41.4 Å². The molecule has 3 aromatic carbocycles. The van der Waals surface area contributed by atoms with Crippen LogP contribution in [0.4, 0.5) is 8.78 Å². The maximum Gasteiger partial charge on any atom is 0.193 e. The highest BCUT2D eigenvalue weighted by molar-refractivity contribution is 6.33. The minimum atomic E-state index is -0.923. The van der Waals surface area contributed by atoms with Crippen LogP contribution >= 0.6 is 11.6 Å². The molecule has 1 aromatic heterocycles. The van der Waals surface area contributed by atoms with Gasteiger partial charge in [-0.05, 0) is 36.8 Å². The zero-order chi connectivity index (χ0) is 20.7. The SMILES string of the molecule is Cc1ccc(-c2c(F)cc3[nH]c(-c4cc(C#N)ccc4Cl)cc(=O)c3c2F)cc1. The number of nitriles is 1. The third kappa shape index (κ3) is 3.28. The van der Waals surface area contributed by atoms with E-state index in [2.05, 4.69) is 4.98 Å². The maximum absolute atomic E-state index is 15.2. The fourth-order valence-electron chi connectivity index (χ4n) is 3.27. The highest BCUT2D eigenvalue weighted by atomic mass is 35.5. The number of hydrogen-bond acceptors (Lipinski definition) is 2. The average Bonchev–Trinajstić information content (AvgIpc) is 2.69. The molecule has 29 heavy (non-hydrogen) atoms. The Morgan fingerprint density at radius 1 is 1.03 bits per heavy atom. The van der Waals surface area contributed by atoms with Gasteiger partial charge in [0.1, 0.15) is 11.6 Å². The van der Waals surface area contributed by atoms with Crippen molar-refractivity contribution < 1.29 is 8.78 Å². The zero-order valence-electron chi connectivity index (χ0n) is 15.2. The molecule has 0 amide bonds. The highest BCUT2D eigenvalue weighted by Gasteiger charge is 2.19. The minimum absolute atomic E-state index is 0.0109. The number of H-pyrrole nitrogens is 1. The van der Waals surface area contributed by atoms with Gasteiger partial charge >= 0.3 is 0 Å². The summed E-state index contributed by atoms with van der Waals surface area (Å²) < 4.78 is 30.0. The van der Waals surface area contributed by atoms with Gasteiger partial charge in [0.2, 0.25) is 0 Å². The molecule has 0 spiro atoms. The van der Waals surface area contributed by atoms with E-state index in [0.717, 1.165) is 11.6 Å². The molecule has 0 aliphatic heterocycles. The summed E-state index contributed by atoms with van der Waals surface area (Å²) in [4.78, 5) is 15.6. The molecule has 0 unspecified atom stereocenters. The highest BCUT2D eigenvalue weighted by Crippen LogP contribution is 2.32. The molecule has 0 aliphatic carbocycles. The van der Waals surface area contributed by atoms with E-state index in [1.165, 1.54) is 24.3 Å². The number of nitrogens with zero attached hydrogens (tertiary/aromatic N) is 1. The quantitative estimate of drug-likeness (QED) is 0.445. The van der Waals surface area contributed by atoms with Crippen LogP contribution in [0.1, 0.15) is 11.1 Å². The first-order valence-corrected chi connectivity index (χ1v) is 9.09. The number of aromatic amines is 1. The van der Waals surface area contributed by atoms with Crippen molar-refractivity contribution in [3.05, 3.63) is 92.6 Å². The molecule has 4 rings (SSSR count). The number of aromatic nitrogens is 1. The van der Waals surface area contributed by atoms with Crippen LogP contribution < -0.4 is 5.43 Å². The number of halogens is 3. The molecule has 1 heterocycles. The van der Waals surface area contributed by atoms with E-state index < -0.39 is 17.1 Å². The first-order chi connectivity index (χ1) is 13.9. The van der Waals surface area contributed by atoms with Crippen LogP contribution in [-0.2, 0) is 0 Å². The number of aryl methyl sites for hydroxylation is 1. The number of rotatable bonds is 2. The molecular weight excluding hydrogens is 394 g/mol. The first-order valence-electron chi connectivity index (χ1n) is 8.71. The molecule has 0 atom stereocenters. The Morgan fingerprint density at radius 2 is 1.76 bits per heavy atom. The normalized spacial score (nSPS) is 10.9. The van der Waals surface area contributed by atoms with Gasteiger partial charge in [0, 0.05) is 16.7 Å². The maximum atomic E-state index is 15.2. The Balaban J connectivity index is 1.98. The van der Waals surface area contributed by atoms with Gasteiger partial charge in [0.25, 0.3) is 0 Å². The second-order valence-corrected chi connectivity index (χ2v) is 7.10. The van der Waals surface area contributed by atoms with Crippen molar-refractivity contribution in [2.75, 3.05) is 0 Å². The monoisotopic (exact) mass is 406 g/mol. The third-order valence-electron chi connectivity index (χ3n) is 4.74. The molecule has 0 bridgehead atoms. The number of fused-ring (bicyclic) bond motifs is 1. The van der Waals surface area contributed by atoms with Gasteiger partial charge in [-0.3, -0.25) is 4.79 Å². The number of pyridine rings is 1. The molecule has 0 fully saturated rings. The molecule has 0 aliphatic rings. The topological polar surface area (TPSA) is 56.6 Å². The van der Waals surface area contributed by atoms with Crippen LogP contribution in [0, 0.1) is 29.9 Å². The third-order valence-corrected chi connectivity index (χ3v) is 5.06. The second kappa shape index (κ2) is 7.16. The minimum Gasteiger partial charge on any atom is -0.354 e. The lowest BCUT2D eigenvalue weighted by molar-refractivity contribution is 0.597. The summed E-state index contributed by atoms with van der Waals surface area (Å²) in [5.74, 6) is -1.71. The van der Waals surface area contributed by atoms with E-state index in [-0.39, 0.29) is 22.2 Å². The van der Waals surface area contributed by atoms with E-state index in [1.54, 1.807) is 24.3 Å². The van der Waals surface area contributed by atoms with Crippen molar-refractivity contribution in [2.45, 2.75) is 6.92 Å². The summed E-state index contributed by atoms with van der Waals surface area (Å²) in [7, 11) is 0. The summed E-state index contributed by atoms with van der Waals surface area (Å²) in [6.07, 6.45) is 0. The summed E-state index contributed by atoms with van der Waals surface area (Å²) in [5.41, 5.74) is 1.46. The first kappa shape index (κ1) is 18.9. The summed E-state index contributed by atoms with van der Waals surface area (Å²) in [6, 6.07) is 15.6. The number of nitrogens with one attached hydrogen (secondary N) is 1. The van der Waals surface area contributed by atoms with Gasteiger partial charge in [0.15, 0.2) is 5.43 Å². The Hall–Kier alpha value is -3.49. The molecule has 3 nitrogen and oxygen atoms in total. The van der Waals surface area contributed by atoms with Crippen molar-refractivity contribution >= 4 is 22.5 Å². The molecule has 0 saturated carbocycles. The van der Waals surface area contributed by atoms with Crippen molar-refractivity contribution in [1.29, 1.82) is 5.26 Å². The molecule has 1 N–H and O–H groups in total. The van der Waals surface area contributed by atoms with Gasteiger partial charge in [-0.25, -0.2) is 8.78 Å². The van der Waals surface area contributed by atoms with Crippen molar-refractivity contribution in [3.8, 4) is 28.5 Å². The molecule has 4 aromatic rings. The Bertz CT molecular complexity index is 1370. The van der Waals surface area contributed by atoms with Crippen molar-refractivity contribution in [2.24, 2.45) is 0 Å². The molecule has 0 radical (unpaired) electrons. The van der Waals surface area contributed by atoms with E-state index >= 15 is 4.39 Å². The second-order valence-electron chi connectivity index (χ2n) is 6.69. The van der Waals surface area contributed by atoms with Gasteiger partial charge in [-0.15, -0.1) is 0 Å². The van der Waals surface area contributed by atoms with Crippen LogP contribution in [-0.4, -0.2) is 4.98 Å². The largest absolute Gasteiger partial charge is 0.354 e. The van der Waals surface area contributed by atoms with Crippen LogP contribution in [0.3, 0.4) is 0 Å². The lowest BCUT2D eigenvalue weighted by atomic mass is 9.99. The number of hydrogen-bond donors (Lipinski definition) is 1. The summed E-state index contributed by atoms with van der Waals surface area (Å²) in [5, 5.41) is 9.16. The van der Waals surface area contributed by atoms with Gasteiger partial charge < -0.3 is 4.98 Å². The van der Waals surface area contributed by atoms with Gasteiger partial charge in [0.05, 0.1) is 33.8 Å². The fourth-order valence-corrected chi connectivity index (χ4v) is 3.49. The zero-order valence-corrected chi connectivity index (χ0v) is 15.9. The smallest absolute Gasteiger partial charge is 0.193 e. The van der Waals surface area contributed by atoms with Gasteiger partial charge in [-0.2, -0.15) is 5.26 Å². The van der Waals surface area contributed by atoms with Crippen LogP contribution in [0.25, 0.3) is 33.3 Å². The summed E-state index contributed by atoms with van der Waals surface area (Å²) in [6.45, 7) is 1.87. The Kier molecular flexibility index (Phi) is 4.65. The standard InChI is InChI=1S/C23H13ClF2N2O/c1-12-2-5-14(6-3-12)21-17(25)9-19-22(23(21)26)20(29)10-18(28-19)15-8-13(11-27)4-7-16(15)24/h2-10H,1H3,(H,28,29). The van der Waals surface area contributed by atoms with Crippen LogP contribution in [0.2, 0.25) is 5.02 Å². The predicted molar refractivity (Wildman–Crippen MR) is 110 cm³/mol. The van der Waals surface area contributed by atoms with E-state index in [4.69, 9.17) is 16.9 Å². The fraction of sp³-hybridized carbons (Fsp3) is 0.0435. The lowest BCUT2D eigenvalue weighted by Crippen LogP contribution is -2.08.